The van der Waals surface area contributed by atoms with Gasteiger partial charge in [0.1, 0.15) is 6.04 Å². The molecule has 162 valence electrons. The second-order valence-electron chi connectivity index (χ2n) is 6.77. The number of nitrogens with zero attached hydrogens (tertiary/aromatic N) is 1. The summed E-state index contributed by atoms with van der Waals surface area (Å²) < 4.78 is 0. The smallest absolute Gasteiger partial charge is 0.242 e. The Morgan fingerprint density at radius 3 is 2.30 bits per heavy atom. The lowest BCUT2D eigenvalue weighted by Gasteiger charge is -2.29. The number of halogens is 3. The highest BCUT2D eigenvalue weighted by atomic mass is 35.5. The van der Waals surface area contributed by atoms with Gasteiger partial charge in [0, 0.05) is 33.9 Å². The fraction of sp³-hybridized carbons (Fsp3) is 0.364. The maximum atomic E-state index is 13.1. The normalized spacial score (nSPS) is 11.8. The van der Waals surface area contributed by atoms with Crippen molar-refractivity contribution in [2.75, 3.05) is 12.3 Å². The molecule has 2 aromatic rings. The van der Waals surface area contributed by atoms with Crippen molar-refractivity contribution >= 4 is 58.4 Å². The van der Waals surface area contributed by atoms with Crippen LogP contribution in [-0.2, 0) is 21.9 Å². The molecule has 1 N–H and O–H groups in total. The second-order valence-corrected chi connectivity index (χ2v) is 8.98. The number of amides is 2. The van der Waals surface area contributed by atoms with E-state index in [0.29, 0.717) is 27.4 Å². The van der Waals surface area contributed by atoms with Crippen LogP contribution in [0.3, 0.4) is 0 Å². The first-order valence-corrected chi connectivity index (χ1v) is 11.9. The summed E-state index contributed by atoms with van der Waals surface area (Å²) >= 11 is 20.1. The Labute approximate surface area is 197 Å². The highest BCUT2D eigenvalue weighted by Crippen LogP contribution is 2.28. The van der Waals surface area contributed by atoms with Crippen molar-refractivity contribution in [3.8, 4) is 0 Å². The summed E-state index contributed by atoms with van der Waals surface area (Å²) in [5.41, 5.74) is 1.59. The molecule has 0 aliphatic heterocycles. The van der Waals surface area contributed by atoms with Gasteiger partial charge in [-0.25, -0.2) is 0 Å². The molecule has 4 nitrogen and oxygen atoms in total. The first-order valence-electron chi connectivity index (χ1n) is 9.66. The van der Waals surface area contributed by atoms with Gasteiger partial charge in [0.25, 0.3) is 0 Å². The summed E-state index contributed by atoms with van der Waals surface area (Å²) in [5, 5.41) is 4.56. The second kappa shape index (κ2) is 12.5. The lowest BCUT2D eigenvalue weighted by Crippen LogP contribution is -2.48. The van der Waals surface area contributed by atoms with Crippen LogP contribution in [0.25, 0.3) is 0 Å². The van der Waals surface area contributed by atoms with Crippen LogP contribution in [0.2, 0.25) is 15.1 Å². The molecule has 2 rings (SSSR count). The van der Waals surface area contributed by atoms with Gasteiger partial charge in [-0.3, -0.25) is 9.59 Å². The van der Waals surface area contributed by atoms with Crippen molar-refractivity contribution in [2.45, 2.75) is 38.6 Å². The molecule has 0 aromatic heterocycles. The van der Waals surface area contributed by atoms with Crippen LogP contribution in [0.4, 0.5) is 0 Å². The highest BCUT2D eigenvalue weighted by Gasteiger charge is 2.26. The van der Waals surface area contributed by atoms with Gasteiger partial charge in [0.2, 0.25) is 11.8 Å². The van der Waals surface area contributed by atoms with E-state index < -0.39 is 6.04 Å². The Balaban J connectivity index is 2.11. The van der Waals surface area contributed by atoms with Crippen LogP contribution in [0.15, 0.2) is 42.5 Å². The summed E-state index contributed by atoms with van der Waals surface area (Å²) in [6.45, 7) is 4.53. The Kier molecular flexibility index (Phi) is 10.3. The molecule has 0 unspecified atom stereocenters. The quantitative estimate of drug-likeness (QED) is 0.459. The van der Waals surface area contributed by atoms with Gasteiger partial charge >= 0.3 is 0 Å². The molecule has 0 aliphatic rings. The topological polar surface area (TPSA) is 49.4 Å². The minimum Gasteiger partial charge on any atom is -0.354 e. The van der Waals surface area contributed by atoms with Crippen molar-refractivity contribution < 1.29 is 9.59 Å². The van der Waals surface area contributed by atoms with Crippen LogP contribution >= 0.6 is 46.6 Å². The number of carbonyl (C=O) groups is 2. The van der Waals surface area contributed by atoms with E-state index in [2.05, 4.69) is 5.32 Å². The third-order valence-electron chi connectivity index (χ3n) is 4.55. The van der Waals surface area contributed by atoms with E-state index in [-0.39, 0.29) is 24.1 Å². The molecule has 0 radical (unpaired) electrons. The summed E-state index contributed by atoms with van der Waals surface area (Å²) in [6.07, 6.45) is 0.825. The van der Waals surface area contributed by atoms with Gasteiger partial charge < -0.3 is 10.2 Å². The van der Waals surface area contributed by atoms with E-state index >= 15 is 0 Å². The number of benzene rings is 2. The van der Waals surface area contributed by atoms with Crippen molar-refractivity contribution in [3.63, 3.8) is 0 Å². The summed E-state index contributed by atoms with van der Waals surface area (Å²) in [5.74, 6) is 0.358. The van der Waals surface area contributed by atoms with Gasteiger partial charge in [0.05, 0.1) is 5.75 Å². The van der Waals surface area contributed by atoms with Crippen LogP contribution < -0.4 is 5.32 Å². The Morgan fingerprint density at radius 1 is 1.03 bits per heavy atom. The molecule has 0 heterocycles. The third-order valence-corrected chi connectivity index (χ3v) is 6.57. The molecule has 1 atom stereocenters. The molecule has 2 aromatic carbocycles. The van der Waals surface area contributed by atoms with E-state index in [1.54, 1.807) is 36.1 Å². The first kappa shape index (κ1) is 24.9. The molecule has 2 amide bonds. The predicted octanol–water partition coefficient (Wildman–Crippen LogP) is 5.82. The Bertz CT molecular complexity index is 859. The van der Waals surface area contributed by atoms with Crippen molar-refractivity contribution in [1.29, 1.82) is 0 Å². The minimum atomic E-state index is -0.621. The Hall–Kier alpha value is -1.40. The molecule has 0 bridgehead atoms. The average Bonchev–Trinajstić information content (AvgIpc) is 2.72. The fourth-order valence-corrected chi connectivity index (χ4v) is 4.62. The van der Waals surface area contributed by atoms with Crippen molar-refractivity contribution in [2.24, 2.45) is 0 Å². The van der Waals surface area contributed by atoms with Crippen LogP contribution in [-0.4, -0.2) is 35.1 Å². The number of rotatable bonds is 10. The molecule has 8 heteroatoms. The highest BCUT2D eigenvalue weighted by molar-refractivity contribution is 7.99. The zero-order valence-electron chi connectivity index (χ0n) is 17.0. The van der Waals surface area contributed by atoms with Gasteiger partial charge in [-0.2, -0.15) is 0 Å². The molecule has 0 saturated heterocycles. The number of nitrogens with one attached hydrogen (secondary N) is 1. The van der Waals surface area contributed by atoms with Crippen LogP contribution in [0.1, 0.15) is 31.4 Å². The fourth-order valence-electron chi connectivity index (χ4n) is 2.78. The van der Waals surface area contributed by atoms with Crippen molar-refractivity contribution in [3.05, 3.63) is 68.7 Å². The SMILES string of the molecule is CCCNC(=O)[C@H](C)N(Cc1ccccc1Cl)C(=O)CSCc1c(Cl)cccc1Cl. The average molecular weight is 488 g/mol. The summed E-state index contributed by atoms with van der Waals surface area (Å²) in [7, 11) is 0. The molecule has 0 fully saturated rings. The standard InChI is InChI=1S/C22H25Cl3N2O2S/c1-3-11-26-22(29)15(2)27(12-16-7-4-5-8-18(16)23)21(28)14-30-13-17-19(24)9-6-10-20(17)25/h4-10,15H,3,11-14H2,1-2H3,(H,26,29)/t15-/m0/s1. The summed E-state index contributed by atoms with van der Waals surface area (Å²) in [6, 6.07) is 12.0. The van der Waals surface area contributed by atoms with Gasteiger partial charge in [-0.05, 0) is 42.7 Å². The van der Waals surface area contributed by atoms with E-state index in [4.69, 9.17) is 34.8 Å². The monoisotopic (exact) mass is 486 g/mol. The van der Waals surface area contributed by atoms with Crippen molar-refractivity contribution in [1.82, 2.24) is 10.2 Å². The van der Waals surface area contributed by atoms with E-state index in [1.807, 2.05) is 25.1 Å². The minimum absolute atomic E-state index is 0.151. The van der Waals surface area contributed by atoms with Gasteiger partial charge in [-0.1, -0.05) is 66.0 Å². The third kappa shape index (κ3) is 7.09. The summed E-state index contributed by atoms with van der Waals surface area (Å²) in [4.78, 5) is 27.1. The number of hydrogen-bond donors (Lipinski definition) is 1. The number of carbonyl (C=O) groups excluding carboxylic acids is 2. The molecule has 30 heavy (non-hydrogen) atoms. The Morgan fingerprint density at radius 2 is 1.67 bits per heavy atom. The zero-order chi connectivity index (χ0) is 22.1. The predicted molar refractivity (Wildman–Crippen MR) is 127 cm³/mol. The van der Waals surface area contributed by atoms with Gasteiger partial charge in [0.15, 0.2) is 0 Å². The molecular weight excluding hydrogens is 463 g/mol. The largest absolute Gasteiger partial charge is 0.354 e. The molecule has 0 saturated carbocycles. The van der Waals surface area contributed by atoms with E-state index in [0.717, 1.165) is 17.5 Å². The van der Waals surface area contributed by atoms with E-state index in [1.165, 1.54) is 11.8 Å². The molecule has 0 spiro atoms. The molecular formula is C22H25Cl3N2O2S. The zero-order valence-corrected chi connectivity index (χ0v) is 20.0. The molecule has 0 aliphatic carbocycles. The van der Waals surface area contributed by atoms with Gasteiger partial charge in [-0.15, -0.1) is 11.8 Å². The van der Waals surface area contributed by atoms with E-state index in [9.17, 15) is 9.59 Å². The first-order chi connectivity index (χ1) is 14.3. The maximum Gasteiger partial charge on any atom is 0.242 e. The maximum absolute atomic E-state index is 13.1. The lowest BCUT2D eigenvalue weighted by molar-refractivity contribution is -0.138. The number of hydrogen-bond acceptors (Lipinski definition) is 3. The number of thioether (sulfide) groups is 1. The van der Waals surface area contributed by atoms with Crippen LogP contribution in [0.5, 0.6) is 0 Å². The lowest BCUT2D eigenvalue weighted by atomic mass is 10.1. The van der Waals surface area contributed by atoms with Crippen LogP contribution in [0, 0.1) is 0 Å².